The molecule has 0 fully saturated rings. The molecule has 1 aromatic carbocycles. The molecule has 16 heavy (non-hydrogen) atoms. The first kappa shape index (κ1) is 10.8. The summed E-state index contributed by atoms with van der Waals surface area (Å²) < 4.78 is 13.4. The molecule has 1 aromatic rings. The molecule has 3 heteroatoms. The molecular formula is C13H12FNO. The van der Waals surface area contributed by atoms with E-state index in [1.807, 2.05) is 12.1 Å². The molecular weight excluding hydrogens is 205 g/mol. The molecule has 1 N–H and O–H groups in total. The van der Waals surface area contributed by atoms with Gasteiger partial charge in [-0.05, 0) is 30.0 Å². The van der Waals surface area contributed by atoms with E-state index in [1.54, 1.807) is 12.1 Å². The molecule has 1 aliphatic rings. The number of hydrogen-bond donors (Lipinski definition) is 1. The Kier molecular flexibility index (Phi) is 3.02. The molecule has 2 rings (SSSR count). The van der Waals surface area contributed by atoms with E-state index in [4.69, 9.17) is 5.26 Å². The predicted octanol–water partition coefficient (Wildman–Crippen LogP) is 2.43. The first-order valence-corrected chi connectivity index (χ1v) is 5.25. The Morgan fingerprint density at radius 3 is 3.00 bits per heavy atom. The van der Waals surface area contributed by atoms with Crippen molar-refractivity contribution in [2.45, 2.75) is 25.4 Å². The zero-order valence-electron chi connectivity index (χ0n) is 8.78. The van der Waals surface area contributed by atoms with Gasteiger partial charge in [0.1, 0.15) is 11.9 Å². The van der Waals surface area contributed by atoms with E-state index in [0.717, 1.165) is 16.7 Å². The first-order chi connectivity index (χ1) is 7.70. The number of nitrogens with zero attached hydrogens (tertiary/aromatic N) is 1. The van der Waals surface area contributed by atoms with Crippen LogP contribution in [0.15, 0.2) is 23.8 Å². The Balaban J connectivity index is 2.26. The average molecular weight is 217 g/mol. The van der Waals surface area contributed by atoms with E-state index in [-0.39, 0.29) is 5.82 Å². The van der Waals surface area contributed by atoms with Crippen LogP contribution >= 0.6 is 0 Å². The highest BCUT2D eigenvalue weighted by molar-refractivity contribution is 5.59. The molecule has 0 heterocycles. The second-order valence-corrected chi connectivity index (χ2v) is 3.96. The van der Waals surface area contributed by atoms with Crippen LogP contribution in [0.25, 0.3) is 6.08 Å². The van der Waals surface area contributed by atoms with E-state index in [1.165, 1.54) is 6.07 Å². The Hall–Kier alpha value is -1.66. The molecule has 1 unspecified atom stereocenters. The molecule has 0 amide bonds. The Morgan fingerprint density at radius 1 is 1.44 bits per heavy atom. The number of aliphatic hydroxyl groups excluding tert-OH is 1. The minimum atomic E-state index is -0.957. The van der Waals surface area contributed by atoms with Crippen molar-refractivity contribution < 1.29 is 9.50 Å². The maximum absolute atomic E-state index is 13.4. The molecule has 0 spiro atoms. The van der Waals surface area contributed by atoms with E-state index >= 15 is 0 Å². The fourth-order valence-electron chi connectivity index (χ4n) is 2.01. The van der Waals surface area contributed by atoms with Crippen molar-refractivity contribution in [3.8, 4) is 6.07 Å². The van der Waals surface area contributed by atoms with Crippen LogP contribution in [-0.4, -0.2) is 11.2 Å². The zero-order valence-corrected chi connectivity index (χ0v) is 8.78. The number of fused-ring (bicyclic) bond motifs is 1. The van der Waals surface area contributed by atoms with Crippen molar-refractivity contribution in [2.75, 3.05) is 0 Å². The fourth-order valence-corrected chi connectivity index (χ4v) is 2.01. The summed E-state index contributed by atoms with van der Waals surface area (Å²) in [6.45, 7) is 0. The van der Waals surface area contributed by atoms with Crippen molar-refractivity contribution in [3.05, 3.63) is 40.7 Å². The van der Waals surface area contributed by atoms with Crippen LogP contribution in [-0.2, 0) is 6.42 Å². The minimum absolute atomic E-state index is 0.173. The molecule has 0 saturated carbocycles. The van der Waals surface area contributed by atoms with Crippen molar-refractivity contribution in [3.63, 3.8) is 0 Å². The normalized spacial score (nSPS) is 15.9. The quantitative estimate of drug-likeness (QED) is 0.773. The number of halogens is 1. The molecule has 0 bridgehead atoms. The second-order valence-electron chi connectivity index (χ2n) is 3.96. The van der Waals surface area contributed by atoms with Gasteiger partial charge in [-0.3, -0.25) is 0 Å². The lowest BCUT2D eigenvalue weighted by atomic mass is 9.89. The van der Waals surface area contributed by atoms with E-state index < -0.39 is 6.10 Å². The third-order valence-corrected chi connectivity index (χ3v) is 2.82. The predicted molar refractivity (Wildman–Crippen MR) is 58.9 cm³/mol. The lowest BCUT2D eigenvalue weighted by Crippen LogP contribution is -2.08. The lowest BCUT2D eigenvalue weighted by molar-refractivity contribution is 0.229. The molecule has 0 saturated heterocycles. The summed E-state index contributed by atoms with van der Waals surface area (Å²) in [5.74, 6) is -0.173. The topological polar surface area (TPSA) is 44.0 Å². The largest absolute Gasteiger partial charge is 0.378 e. The smallest absolute Gasteiger partial charge is 0.144 e. The van der Waals surface area contributed by atoms with E-state index in [2.05, 4.69) is 0 Å². The maximum atomic E-state index is 13.4. The summed E-state index contributed by atoms with van der Waals surface area (Å²) in [5, 5.41) is 17.8. The summed E-state index contributed by atoms with van der Waals surface area (Å²) in [6.07, 6.45) is 2.63. The van der Waals surface area contributed by atoms with Gasteiger partial charge in [-0.25, -0.2) is 4.39 Å². The first-order valence-electron chi connectivity index (χ1n) is 5.25. The van der Waals surface area contributed by atoms with Crippen LogP contribution in [0, 0.1) is 17.1 Å². The highest BCUT2D eigenvalue weighted by Crippen LogP contribution is 2.27. The van der Waals surface area contributed by atoms with Gasteiger partial charge in [0.2, 0.25) is 0 Å². The average Bonchev–Trinajstić information content (AvgIpc) is 2.29. The van der Waals surface area contributed by atoms with Gasteiger partial charge in [-0.15, -0.1) is 0 Å². The summed E-state index contributed by atoms with van der Waals surface area (Å²) in [6, 6.07) is 6.78. The molecule has 1 atom stereocenters. The molecule has 0 radical (unpaired) electrons. The van der Waals surface area contributed by atoms with Crippen molar-refractivity contribution >= 4 is 6.08 Å². The van der Waals surface area contributed by atoms with Crippen LogP contribution in [0.3, 0.4) is 0 Å². The summed E-state index contributed by atoms with van der Waals surface area (Å²) in [4.78, 5) is 0. The molecule has 82 valence electrons. The van der Waals surface area contributed by atoms with E-state index in [0.29, 0.717) is 19.3 Å². The third-order valence-electron chi connectivity index (χ3n) is 2.82. The fraction of sp³-hybridized carbons (Fsp3) is 0.308. The summed E-state index contributed by atoms with van der Waals surface area (Å²) >= 11 is 0. The standard InChI is InChI=1S/C13H12FNO/c14-13-3-1-2-10-6-9(4-5-12(10)13)7-11(16)8-15/h1-3,6,11,16H,4-5,7H2. The van der Waals surface area contributed by atoms with Crippen molar-refractivity contribution in [1.29, 1.82) is 5.26 Å². The summed E-state index contributed by atoms with van der Waals surface area (Å²) in [5.41, 5.74) is 2.61. The Labute approximate surface area is 93.6 Å². The molecule has 0 aliphatic heterocycles. The number of aliphatic hydroxyl groups is 1. The number of benzene rings is 1. The van der Waals surface area contributed by atoms with Crippen LogP contribution in [0.1, 0.15) is 24.0 Å². The van der Waals surface area contributed by atoms with Crippen molar-refractivity contribution in [1.82, 2.24) is 0 Å². The monoisotopic (exact) mass is 217 g/mol. The van der Waals surface area contributed by atoms with Gasteiger partial charge in [-0.1, -0.05) is 23.8 Å². The van der Waals surface area contributed by atoms with E-state index in [9.17, 15) is 9.50 Å². The van der Waals surface area contributed by atoms with Crippen molar-refractivity contribution in [2.24, 2.45) is 0 Å². The Morgan fingerprint density at radius 2 is 2.25 bits per heavy atom. The third kappa shape index (κ3) is 2.12. The summed E-state index contributed by atoms with van der Waals surface area (Å²) in [7, 11) is 0. The van der Waals surface area contributed by atoms with Gasteiger partial charge in [0, 0.05) is 6.42 Å². The highest BCUT2D eigenvalue weighted by Gasteiger charge is 2.15. The SMILES string of the molecule is N#CC(O)CC1=Cc2cccc(F)c2CC1. The molecule has 2 nitrogen and oxygen atoms in total. The highest BCUT2D eigenvalue weighted by atomic mass is 19.1. The second kappa shape index (κ2) is 4.46. The molecule has 0 aromatic heterocycles. The van der Waals surface area contributed by atoms with Gasteiger partial charge in [0.15, 0.2) is 0 Å². The number of nitriles is 1. The van der Waals surface area contributed by atoms with Gasteiger partial charge in [0.05, 0.1) is 6.07 Å². The lowest BCUT2D eigenvalue weighted by Gasteiger charge is -2.17. The van der Waals surface area contributed by atoms with Crippen LogP contribution in [0.4, 0.5) is 4.39 Å². The van der Waals surface area contributed by atoms with Crippen LogP contribution < -0.4 is 0 Å². The van der Waals surface area contributed by atoms with Crippen LogP contribution in [0.2, 0.25) is 0 Å². The zero-order chi connectivity index (χ0) is 11.5. The van der Waals surface area contributed by atoms with Gasteiger partial charge in [-0.2, -0.15) is 5.26 Å². The minimum Gasteiger partial charge on any atom is -0.378 e. The molecule has 1 aliphatic carbocycles. The van der Waals surface area contributed by atoms with Gasteiger partial charge in [0.25, 0.3) is 0 Å². The Bertz CT molecular complexity index is 473. The van der Waals surface area contributed by atoms with Gasteiger partial charge < -0.3 is 5.11 Å². The maximum Gasteiger partial charge on any atom is 0.144 e. The number of hydrogen-bond acceptors (Lipinski definition) is 2. The van der Waals surface area contributed by atoms with Gasteiger partial charge >= 0.3 is 0 Å². The number of rotatable bonds is 2. The van der Waals surface area contributed by atoms with Crippen LogP contribution in [0.5, 0.6) is 0 Å².